The molecule has 2 N–H and O–H groups in total. The maximum Gasteiger partial charge on any atom is 0.129 e. The highest BCUT2D eigenvalue weighted by atomic mass is 35.5. The fraction of sp³-hybridized carbons (Fsp3) is 0.182. The van der Waals surface area contributed by atoms with Crippen molar-refractivity contribution in [3.8, 4) is 0 Å². The number of hydrogen-bond acceptors (Lipinski definition) is 2. The second-order valence-electron chi connectivity index (χ2n) is 6.50. The van der Waals surface area contributed by atoms with Crippen molar-refractivity contribution in [2.75, 3.05) is 0 Å². The van der Waals surface area contributed by atoms with Gasteiger partial charge in [0, 0.05) is 41.8 Å². The SMILES string of the molecule is NCc1ccc(CN(Cc2cccc(Cl)c2)Cc2c(F)cccc2Cl)cc1. The van der Waals surface area contributed by atoms with Gasteiger partial charge in [-0.2, -0.15) is 0 Å². The minimum atomic E-state index is -0.294. The van der Waals surface area contributed by atoms with E-state index in [9.17, 15) is 4.39 Å². The van der Waals surface area contributed by atoms with Gasteiger partial charge in [0.05, 0.1) is 0 Å². The Labute approximate surface area is 169 Å². The molecule has 2 nitrogen and oxygen atoms in total. The lowest BCUT2D eigenvalue weighted by Gasteiger charge is -2.24. The quantitative estimate of drug-likeness (QED) is 0.541. The summed E-state index contributed by atoms with van der Waals surface area (Å²) in [4.78, 5) is 2.15. The van der Waals surface area contributed by atoms with E-state index in [0.29, 0.717) is 41.8 Å². The molecule has 3 aromatic carbocycles. The summed E-state index contributed by atoms with van der Waals surface area (Å²) >= 11 is 12.4. The fourth-order valence-electron chi connectivity index (χ4n) is 3.01. The van der Waals surface area contributed by atoms with Gasteiger partial charge in [-0.1, -0.05) is 65.7 Å². The zero-order valence-electron chi connectivity index (χ0n) is 14.8. The predicted molar refractivity (Wildman–Crippen MR) is 110 cm³/mol. The molecule has 0 atom stereocenters. The van der Waals surface area contributed by atoms with Crippen LogP contribution < -0.4 is 5.73 Å². The molecule has 3 rings (SSSR count). The zero-order chi connectivity index (χ0) is 19.2. The molecule has 0 aliphatic carbocycles. The lowest BCUT2D eigenvalue weighted by atomic mass is 10.1. The molecular formula is C22H21Cl2FN2. The Bertz CT molecular complexity index is 877. The molecule has 0 bridgehead atoms. The summed E-state index contributed by atoms with van der Waals surface area (Å²) in [7, 11) is 0. The van der Waals surface area contributed by atoms with Crippen LogP contribution in [0, 0.1) is 5.82 Å². The van der Waals surface area contributed by atoms with Gasteiger partial charge in [-0.3, -0.25) is 4.90 Å². The van der Waals surface area contributed by atoms with Crippen molar-refractivity contribution in [1.29, 1.82) is 0 Å². The van der Waals surface area contributed by atoms with Crippen molar-refractivity contribution in [3.05, 3.63) is 105 Å². The van der Waals surface area contributed by atoms with Crippen molar-refractivity contribution in [3.63, 3.8) is 0 Å². The van der Waals surface area contributed by atoms with Gasteiger partial charge in [-0.05, 0) is 41.0 Å². The molecule has 140 valence electrons. The van der Waals surface area contributed by atoms with Crippen LogP contribution in [0.25, 0.3) is 0 Å². The number of nitrogens with zero attached hydrogens (tertiary/aromatic N) is 1. The Balaban J connectivity index is 1.85. The van der Waals surface area contributed by atoms with E-state index in [1.165, 1.54) is 6.07 Å². The largest absolute Gasteiger partial charge is 0.326 e. The average Bonchev–Trinajstić information content (AvgIpc) is 2.65. The lowest BCUT2D eigenvalue weighted by molar-refractivity contribution is 0.244. The van der Waals surface area contributed by atoms with Gasteiger partial charge in [0.1, 0.15) is 5.82 Å². The topological polar surface area (TPSA) is 29.3 Å². The van der Waals surface area contributed by atoms with Crippen LogP contribution in [0.2, 0.25) is 10.0 Å². The number of benzene rings is 3. The Morgan fingerprint density at radius 1 is 0.778 bits per heavy atom. The van der Waals surface area contributed by atoms with Gasteiger partial charge in [0.25, 0.3) is 0 Å². The molecule has 27 heavy (non-hydrogen) atoms. The first-order valence-corrected chi connectivity index (χ1v) is 9.48. The predicted octanol–water partition coefficient (Wildman–Crippen LogP) is 5.79. The highest BCUT2D eigenvalue weighted by Crippen LogP contribution is 2.23. The van der Waals surface area contributed by atoms with Gasteiger partial charge < -0.3 is 5.73 Å². The Hall–Kier alpha value is -1.91. The molecular weight excluding hydrogens is 382 g/mol. The van der Waals surface area contributed by atoms with Crippen LogP contribution in [0.3, 0.4) is 0 Å². The minimum Gasteiger partial charge on any atom is -0.326 e. The minimum absolute atomic E-state index is 0.294. The van der Waals surface area contributed by atoms with Gasteiger partial charge in [0.15, 0.2) is 0 Å². The molecule has 0 heterocycles. The zero-order valence-corrected chi connectivity index (χ0v) is 16.3. The van der Waals surface area contributed by atoms with Crippen molar-refractivity contribution in [1.82, 2.24) is 4.90 Å². The monoisotopic (exact) mass is 402 g/mol. The van der Waals surface area contributed by atoms with Crippen LogP contribution in [-0.2, 0) is 26.2 Å². The van der Waals surface area contributed by atoms with E-state index in [4.69, 9.17) is 28.9 Å². The molecule has 0 aliphatic rings. The standard InChI is InChI=1S/C22H21Cl2FN2/c23-19-4-1-3-18(11-19)14-27(13-17-9-7-16(12-26)8-10-17)15-20-21(24)5-2-6-22(20)25/h1-11H,12-15,26H2. The Kier molecular flexibility index (Phi) is 6.86. The van der Waals surface area contributed by atoms with Crippen LogP contribution in [-0.4, -0.2) is 4.90 Å². The van der Waals surface area contributed by atoms with E-state index in [2.05, 4.69) is 17.0 Å². The van der Waals surface area contributed by atoms with Crippen molar-refractivity contribution in [2.45, 2.75) is 26.2 Å². The summed E-state index contributed by atoms with van der Waals surface area (Å²) in [6, 6.07) is 20.6. The van der Waals surface area contributed by atoms with Crippen LogP contribution in [0.5, 0.6) is 0 Å². The molecule has 0 saturated heterocycles. The molecule has 3 aromatic rings. The smallest absolute Gasteiger partial charge is 0.129 e. The highest BCUT2D eigenvalue weighted by molar-refractivity contribution is 6.31. The third kappa shape index (κ3) is 5.53. The molecule has 0 amide bonds. The van der Waals surface area contributed by atoms with Gasteiger partial charge in [0.2, 0.25) is 0 Å². The average molecular weight is 403 g/mol. The van der Waals surface area contributed by atoms with E-state index < -0.39 is 0 Å². The summed E-state index contributed by atoms with van der Waals surface area (Å²) < 4.78 is 14.3. The van der Waals surface area contributed by atoms with E-state index in [0.717, 1.165) is 16.7 Å². The summed E-state index contributed by atoms with van der Waals surface area (Å²) in [5.74, 6) is -0.294. The van der Waals surface area contributed by atoms with Crippen molar-refractivity contribution < 1.29 is 4.39 Å². The number of rotatable bonds is 7. The molecule has 0 unspecified atom stereocenters. The second-order valence-corrected chi connectivity index (χ2v) is 7.34. The molecule has 0 radical (unpaired) electrons. The Morgan fingerprint density at radius 2 is 1.44 bits per heavy atom. The third-order valence-electron chi connectivity index (χ3n) is 4.40. The van der Waals surface area contributed by atoms with Crippen molar-refractivity contribution in [2.24, 2.45) is 5.73 Å². The third-order valence-corrected chi connectivity index (χ3v) is 4.99. The molecule has 0 aromatic heterocycles. The first-order valence-electron chi connectivity index (χ1n) is 8.72. The number of nitrogens with two attached hydrogens (primary N) is 1. The molecule has 0 spiro atoms. The van der Waals surface area contributed by atoms with Gasteiger partial charge in [-0.15, -0.1) is 0 Å². The summed E-state index contributed by atoms with van der Waals surface area (Å²) in [6.07, 6.45) is 0. The summed E-state index contributed by atoms with van der Waals surface area (Å²) in [5.41, 5.74) is 9.44. The summed E-state index contributed by atoms with van der Waals surface area (Å²) in [5, 5.41) is 1.12. The maximum atomic E-state index is 14.3. The van der Waals surface area contributed by atoms with E-state index >= 15 is 0 Å². The summed E-state index contributed by atoms with van der Waals surface area (Å²) in [6.45, 7) is 2.19. The lowest BCUT2D eigenvalue weighted by Crippen LogP contribution is -2.23. The molecule has 0 aliphatic heterocycles. The highest BCUT2D eigenvalue weighted by Gasteiger charge is 2.14. The van der Waals surface area contributed by atoms with Crippen LogP contribution >= 0.6 is 23.2 Å². The molecule has 0 fully saturated rings. The number of hydrogen-bond donors (Lipinski definition) is 1. The Morgan fingerprint density at radius 3 is 2.11 bits per heavy atom. The fourth-order valence-corrected chi connectivity index (χ4v) is 3.44. The first kappa shape index (κ1) is 19.8. The van der Waals surface area contributed by atoms with Crippen LogP contribution in [0.4, 0.5) is 4.39 Å². The van der Waals surface area contributed by atoms with E-state index in [1.54, 1.807) is 12.1 Å². The van der Waals surface area contributed by atoms with Gasteiger partial charge in [-0.25, -0.2) is 4.39 Å². The first-order chi connectivity index (χ1) is 13.0. The van der Waals surface area contributed by atoms with Crippen molar-refractivity contribution >= 4 is 23.2 Å². The normalized spacial score (nSPS) is 11.1. The van der Waals surface area contributed by atoms with E-state index in [1.807, 2.05) is 36.4 Å². The van der Waals surface area contributed by atoms with E-state index in [-0.39, 0.29) is 5.82 Å². The van der Waals surface area contributed by atoms with Gasteiger partial charge >= 0.3 is 0 Å². The second kappa shape index (κ2) is 9.34. The van der Waals surface area contributed by atoms with Crippen LogP contribution in [0.15, 0.2) is 66.7 Å². The maximum absolute atomic E-state index is 14.3. The molecule has 0 saturated carbocycles. The number of halogens is 3. The van der Waals surface area contributed by atoms with Crippen LogP contribution in [0.1, 0.15) is 22.3 Å². The molecule has 5 heteroatoms.